The Hall–Kier alpha value is -0.900. The van der Waals surface area contributed by atoms with Crippen molar-refractivity contribution in [2.45, 2.75) is 39.5 Å². The number of rotatable bonds is 9. The van der Waals surface area contributed by atoms with E-state index in [4.69, 9.17) is 4.74 Å². The second kappa shape index (κ2) is 13.5. The topological polar surface area (TPSA) is 75.6 Å². The number of hydrogen-bond acceptors (Lipinski definition) is 5. The third-order valence-electron chi connectivity index (χ3n) is 2.96. The van der Waals surface area contributed by atoms with Crippen molar-refractivity contribution in [2.24, 2.45) is 4.99 Å². The molecule has 0 fully saturated rings. The number of hydrogen-bond donors (Lipinski definition) is 2. The number of thiazole rings is 1. The van der Waals surface area contributed by atoms with E-state index >= 15 is 0 Å². The van der Waals surface area contributed by atoms with Gasteiger partial charge in [-0.2, -0.15) is 0 Å². The average molecular weight is 454 g/mol. The summed E-state index contributed by atoms with van der Waals surface area (Å²) < 4.78 is 4.88. The SMILES string of the molecule is CCOC(=O)CCCNC(=NC)NCCc1ncc(CC)s1.I. The Morgan fingerprint density at radius 2 is 2.09 bits per heavy atom. The summed E-state index contributed by atoms with van der Waals surface area (Å²) in [4.78, 5) is 21.1. The first kappa shape index (κ1) is 22.1. The number of nitrogens with zero attached hydrogens (tertiary/aromatic N) is 2. The number of nitrogens with one attached hydrogen (secondary N) is 2. The summed E-state index contributed by atoms with van der Waals surface area (Å²) in [5, 5.41) is 7.57. The maximum atomic E-state index is 11.2. The van der Waals surface area contributed by atoms with Crippen molar-refractivity contribution in [3.63, 3.8) is 0 Å². The molecule has 6 nitrogen and oxygen atoms in total. The third-order valence-corrected chi connectivity index (χ3v) is 4.16. The van der Waals surface area contributed by atoms with E-state index in [1.54, 1.807) is 18.4 Å². The molecule has 8 heteroatoms. The Morgan fingerprint density at radius 1 is 1.35 bits per heavy atom. The lowest BCUT2D eigenvalue weighted by Gasteiger charge is -2.11. The van der Waals surface area contributed by atoms with E-state index in [1.807, 2.05) is 13.1 Å². The molecule has 0 radical (unpaired) electrons. The van der Waals surface area contributed by atoms with Gasteiger partial charge in [-0.25, -0.2) is 4.98 Å². The van der Waals surface area contributed by atoms with Crippen LogP contribution in [0.2, 0.25) is 0 Å². The maximum Gasteiger partial charge on any atom is 0.305 e. The average Bonchev–Trinajstić information content (AvgIpc) is 2.98. The lowest BCUT2D eigenvalue weighted by Crippen LogP contribution is -2.38. The van der Waals surface area contributed by atoms with E-state index in [9.17, 15) is 4.79 Å². The van der Waals surface area contributed by atoms with Gasteiger partial charge in [0.15, 0.2) is 5.96 Å². The van der Waals surface area contributed by atoms with Gasteiger partial charge in [0.05, 0.1) is 11.6 Å². The Balaban J connectivity index is 0.00000484. The Morgan fingerprint density at radius 3 is 2.70 bits per heavy atom. The molecule has 1 aromatic heterocycles. The first-order valence-electron chi connectivity index (χ1n) is 7.73. The van der Waals surface area contributed by atoms with Crippen molar-refractivity contribution in [3.8, 4) is 0 Å². The van der Waals surface area contributed by atoms with Crippen molar-refractivity contribution in [2.75, 3.05) is 26.7 Å². The molecule has 1 rings (SSSR count). The molecule has 23 heavy (non-hydrogen) atoms. The number of carbonyl (C=O) groups excluding carboxylic acids is 1. The first-order chi connectivity index (χ1) is 10.7. The third kappa shape index (κ3) is 9.75. The lowest BCUT2D eigenvalue weighted by atomic mass is 10.3. The number of guanidine groups is 1. The fourth-order valence-corrected chi connectivity index (χ4v) is 2.67. The van der Waals surface area contributed by atoms with Crippen molar-refractivity contribution in [3.05, 3.63) is 16.1 Å². The molecule has 0 atom stereocenters. The molecule has 0 bridgehead atoms. The van der Waals surface area contributed by atoms with E-state index in [2.05, 4.69) is 27.5 Å². The molecule has 1 heterocycles. The number of aromatic nitrogens is 1. The Kier molecular flexibility index (Phi) is 13.0. The number of halogens is 1. The summed E-state index contributed by atoms with van der Waals surface area (Å²) >= 11 is 1.76. The van der Waals surface area contributed by atoms with Crippen molar-refractivity contribution in [1.29, 1.82) is 0 Å². The zero-order valence-electron chi connectivity index (χ0n) is 14.1. The van der Waals surface area contributed by atoms with Gasteiger partial charge in [-0.3, -0.25) is 9.79 Å². The largest absolute Gasteiger partial charge is 0.466 e. The second-order valence-corrected chi connectivity index (χ2v) is 5.86. The van der Waals surface area contributed by atoms with Crippen LogP contribution in [0.5, 0.6) is 0 Å². The number of ether oxygens (including phenoxy) is 1. The number of aliphatic imine (C=N–C) groups is 1. The zero-order chi connectivity index (χ0) is 16.2. The van der Waals surface area contributed by atoms with Gasteiger partial charge in [-0.15, -0.1) is 35.3 Å². The molecule has 0 amide bonds. The zero-order valence-corrected chi connectivity index (χ0v) is 17.2. The van der Waals surface area contributed by atoms with E-state index in [0.717, 1.165) is 36.8 Å². The molecule has 0 aliphatic carbocycles. The molecule has 0 aliphatic rings. The van der Waals surface area contributed by atoms with Crippen molar-refractivity contribution >= 4 is 47.2 Å². The smallest absolute Gasteiger partial charge is 0.305 e. The van der Waals surface area contributed by atoms with Crippen LogP contribution in [-0.2, 0) is 22.4 Å². The lowest BCUT2D eigenvalue weighted by molar-refractivity contribution is -0.143. The standard InChI is InChI=1S/C15H26N4O2S.HI/c1-4-12-11-19-13(22-12)8-10-18-15(16-3)17-9-6-7-14(20)21-5-2;/h11H,4-10H2,1-3H3,(H2,16,17,18);1H. The highest BCUT2D eigenvalue weighted by Crippen LogP contribution is 2.13. The minimum absolute atomic E-state index is 0. The van der Waals surface area contributed by atoms with Crippen molar-refractivity contribution < 1.29 is 9.53 Å². The predicted octanol–water partition coefficient (Wildman–Crippen LogP) is 2.37. The van der Waals surface area contributed by atoms with Gasteiger partial charge in [-0.05, 0) is 19.8 Å². The van der Waals surface area contributed by atoms with Crippen LogP contribution in [0.15, 0.2) is 11.2 Å². The summed E-state index contributed by atoms with van der Waals surface area (Å²) in [6.45, 7) is 5.86. The molecule has 0 saturated carbocycles. The van der Waals surface area contributed by atoms with Gasteiger partial charge >= 0.3 is 5.97 Å². The van der Waals surface area contributed by atoms with Crippen LogP contribution >= 0.6 is 35.3 Å². The molecule has 132 valence electrons. The van der Waals surface area contributed by atoms with Crippen LogP contribution in [-0.4, -0.2) is 43.7 Å². The van der Waals surface area contributed by atoms with Crippen LogP contribution in [0.25, 0.3) is 0 Å². The number of esters is 1. The van der Waals surface area contributed by atoms with E-state index < -0.39 is 0 Å². The minimum Gasteiger partial charge on any atom is -0.466 e. The molecule has 0 saturated heterocycles. The van der Waals surface area contributed by atoms with Gasteiger partial charge in [-0.1, -0.05) is 6.92 Å². The van der Waals surface area contributed by atoms with Gasteiger partial charge < -0.3 is 15.4 Å². The summed E-state index contributed by atoms with van der Waals surface area (Å²) in [7, 11) is 1.74. The number of aryl methyl sites for hydroxylation is 1. The quantitative estimate of drug-likeness (QED) is 0.197. The first-order valence-corrected chi connectivity index (χ1v) is 8.54. The summed E-state index contributed by atoms with van der Waals surface area (Å²) in [5.41, 5.74) is 0. The fraction of sp³-hybridized carbons (Fsp3) is 0.667. The molecular weight excluding hydrogens is 427 g/mol. The van der Waals surface area contributed by atoms with Gasteiger partial charge in [0.2, 0.25) is 0 Å². The Labute approximate surface area is 159 Å². The fourth-order valence-electron chi connectivity index (χ4n) is 1.81. The summed E-state index contributed by atoms with van der Waals surface area (Å²) in [5.74, 6) is 0.596. The second-order valence-electron chi connectivity index (χ2n) is 4.66. The summed E-state index contributed by atoms with van der Waals surface area (Å²) in [6.07, 6.45) is 5.02. The highest BCUT2D eigenvalue weighted by Gasteiger charge is 2.03. The van der Waals surface area contributed by atoms with E-state index in [-0.39, 0.29) is 29.9 Å². The normalized spacial score (nSPS) is 10.8. The minimum atomic E-state index is -0.150. The van der Waals surface area contributed by atoms with Crippen LogP contribution in [0.3, 0.4) is 0 Å². The van der Waals surface area contributed by atoms with Crippen molar-refractivity contribution in [1.82, 2.24) is 15.6 Å². The van der Waals surface area contributed by atoms with E-state index in [0.29, 0.717) is 19.6 Å². The summed E-state index contributed by atoms with van der Waals surface area (Å²) in [6, 6.07) is 0. The maximum absolute atomic E-state index is 11.2. The monoisotopic (exact) mass is 454 g/mol. The molecule has 0 aliphatic heterocycles. The van der Waals surface area contributed by atoms with Gasteiger partial charge in [0, 0.05) is 44.1 Å². The van der Waals surface area contributed by atoms with Gasteiger partial charge in [0.25, 0.3) is 0 Å². The Bertz CT molecular complexity index is 480. The molecule has 1 aromatic rings. The molecule has 0 spiro atoms. The van der Waals surface area contributed by atoms with E-state index in [1.165, 1.54) is 4.88 Å². The number of carbonyl (C=O) groups is 1. The van der Waals surface area contributed by atoms with Crippen LogP contribution in [0, 0.1) is 0 Å². The van der Waals surface area contributed by atoms with Crippen LogP contribution in [0.1, 0.15) is 36.6 Å². The van der Waals surface area contributed by atoms with Gasteiger partial charge in [0.1, 0.15) is 0 Å². The highest BCUT2D eigenvalue weighted by atomic mass is 127. The van der Waals surface area contributed by atoms with Crippen LogP contribution in [0.4, 0.5) is 0 Å². The highest BCUT2D eigenvalue weighted by molar-refractivity contribution is 14.0. The molecule has 2 N–H and O–H groups in total. The molecule has 0 unspecified atom stereocenters. The molecular formula is C15H27IN4O2S. The van der Waals surface area contributed by atoms with Crippen LogP contribution < -0.4 is 10.6 Å². The molecule has 0 aromatic carbocycles. The predicted molar refractivity (Wildman–Crippen MR) is 106 cm³/mol.